The Morgan fingerprint density at radius 1 is 0.963 bits per heavy atom. The van der Waals surface area contributed by atoms with Crippen LogP contribution in [0.2, 0.25) is 0 Å². The van der Waals surface area contributed by atoms with Gasteiger partial charge in [-0.2, -0.15) is 27.1 Å². The van der Waals surface area contributed by atoms with E-state index in [0.717, 1.165) is 4.90 Å². The lowest BCUT2D eigenvalue weighted by molar-refractivity contribution is 0.202. The Hall–Kier alpha value is -2.87. The number of carbonyl (C=O) groups is 1. The van der Waals surface area contributed by atoms with E-state index in [9.17, 15) is 21.6 Å². The zero-order valence-corrected chi connectivity index (χ0v) is 15.1. The molecule has 0 atom stereocenters. The lowest BCUT2D eigenvalue weighted by Gasteiger charge is -2.29. The van der Waals surface area contributed by atoms with E-state index in [-0.39, 0.29) is 29.5 Å². The van der Waals surface area contributed by atoms with Crippen molar-refractivity contribution in [3.05, 3.63) is 48.0 Å². The van der Waals surface area contributed by atoms with Gasteiger partial charge >= 0.3 is 26.7 Å². The van der Waals surface area contributed by atoms with Crippen LogP contribution in [0, 0.1) is 0 Å². The molecule has 0 unspecified atom stereocenters. The minimum Gasteiger partial charge on any atom is -0.409 e. The van der Waals surface area contributed by atoms with Crippen molar-refractivity contribution in [2.24, 2.45) is 10.3 Å². The normalized spacial score (nSPS) is 14.3. The van der Waals surface area contributed by atoms with E-state index in [1.54, 1.807) is 6.07 Å². The zero-order valence-electron chi connectivity index (χ0n) is 13.4. The predicted octanol–water partition coefficient (Wildman–Crippen LogP) is 0.370. The molecule has 0 radical (unpaired) electrons. The second-order valence-corrected chi connectivity index (χ2v) is 7.65. The fraction of sp³-hybridized carbons (Fsp3) is 0.0714. The van der Waals surface area contributed by atoms with Gasteiger partial charge in [-0.1, -0.05) is 12.1 Å². The molecule has 0 aliphatic carbocycles. The van der Waals surface area contributed by atoms with E-state index < -0.39 is 26.7 Å². The monoisotopic (exact) mass is 415 g/mol. The van der Waals surface area contributed by atoms with Crippen molar-refractivity contribution in [2.45, 2.75) is 6.54 Å². The van der Waals surface area contributed by atoms with Crippen LogP contribution in [0.4, 0.5) is 10.5 Å². The summed E-state index contributed by atoms with van der Waals surface area (Å²) in [5.41, 5.74) is 0.619. The Labute approximate surface area is 154 Å². The summed E-state index contributed by atoms with van der Waals surface area (Å²) in [6.07, 6.45) is -0.847. The van der Waals surface area contributed by atoms with Crippen molar-refractivity contribution in [3.63, 3.8) is 0 Å². The van der Waals surface area contributed by atoms with Crippen molar-refractivity contribution in [3.8, 4) is 17.2 Å². The fourth-order valence-electron chi connectivity index (χ4n) is 2.39. The molecule has 0 bridgehead atoms. The maximum Gasteiger partial charge on any atom is 0.420 e. The second kappa shape index (κ2) is 6.70. The Balaban J connectivity index is 1.93. The molecule has 0 fully saturated rings. The number of para-hydroxylation sites is 2. The van der Waals surface area contributed by atoms with Gasteiger partial charge in [-0.3, -0.25) is 4.90 Å². The van der Waals surface area contributed by atoms with Gasteiger partial charge in [0, 0.05) is 11.6 Å². The van der Waals surface area contributed by atoms with Crippen LogP contribution >= 0.6 is 0 Å². The summed E-state index contributed by atoms with van der Waals surface area (Å²) in [4.78, 5) is 13.5. The third-order valence-corrected chi connectivity index (χ3v) is 4.20. The molecule has 1 heterocycles. The van der Waals surface area contributed by atoms with Crippen molar-refractivity contribution in [1.29, 1.82) is 0 Å². The number of anilines is 1. The van der Waals surface area contributed by atoms with E-state index in [2.05, 4.69) is 4.18 Å². The molecule has 13 heteroatoms. The molecule has 1 aliphatic heterocycles. The predicted molar refractivity (Wildman–Crippen MR) is 92.6 cm³/mol. The molecule has 0 saturated heterocycles. The Kier molecular flexibility index (Phi) is 4.69. The van der Waals surface area contributed by atoms with Gasteiger partial charge in [0.15, 0.2) is 5.75 Å². The van der Waals surface area contributed by atoms with Gasteiger partial charge in [-0.25, -0.2) is 4.79 Å². The zero-order chi connectivity index (χ0) is 19.8. The van der Waals surface area contributed by atoms with Gasteiger partial charge in [-0.05, 0) is 24.3 Å². The summed E-state index contributed by atoms with van der Waals surface area (Å²) in [7, 11) is -8.53. The number of fused-ring (bicyclic) bond motifs is 1. The lowest BCUT2D eigenvalue weighted by Crippen LogP contribution is -2.37. The highest BCUT2D eigenvalue weighted by Crippen LogP contribution is 2.36. The first-order valence-corrected chi connectivity index (χ1v) is 10.1. The average molecular weight is 415 g/mol. The summed E-state index contributed by atoms with van der Waals surface area (Å²) in [6.45, 7) is -0.00514. The number of nitrogens with zero attached hydrogens (tertiary/aromatic N) is 1. The van der Waals surface area contributed by atoms with Crippen LogP contribution in [0.3, 0.4) is 0 Å². The molecule has 2 aromatic carbocycles. The molecule has 11 nitrogen and oxygen atoms in total. The molecule has 1 amide bonds. The number of hydrogen-bond donors (Lipinski definition) is 2. The Morgan fingerprint density at radius 2 is 1.63 bits per heavy atom. The molecule has 0 aromatic heterocycles. The number of ether oxygens (including phenoxy) is 1. The first kappa shape index (κ1) is 18.9. The van der Waals surface area contributed by atoms with Gasteiger partial charge < -0.3 is 13.1 Å². The Morgan fingerprint density at radius 3 is 2.30 bits per heavy atom. The maximum atomic E-state index is 12.4. The van der Waals surface area contributed by atoms with E-state index >= 15 is 0 Å². The van der Waals surface area contributed by atoms with Crippen LogP contribution in [0.25, 0.3) is 0 Å². The quantitative estimate of drug-likeness (QED) is 0.706. The van der Waals surface area contributed by atoms with E-state index in [1.807, 2.05) is 0 Å². The van der Waals surface area contributed by atoms with Crippen LogP contribution in [-0.4, -0.2) is 22.9 Å². The topological polar surface area (TPSA) is 168 Å². The highest BCUT2D eigenvalue weighted by atomic mass is 32.2. The van der Waals surface area contributed by atoms with Gasteiger partial charge in [-0.15, -0.1) is 0 Å². The highest BCUT2D eigenvalue weighted by molar-refractivity contribution is 7.85. The van der Waals surface area contributed by atoms with E-state index in [1.165, 1.54) is 36.4 Å². The molecule has 3 rings (SSSR count). The third-order valence-electron chi connectivity index (χ3n) is 3.36. The maximum absolute atomic E-state index is 12.4. The van der Waals surface area contributed by atoms with E-state index in [0.29, 0.717) is 5.56 Å². The molecule has 1 aliphatic rings. The molecule has 27 heavy (non-hydrogen) atoms. The van der Waals surface area contributed by atoms with Gasteiger partial charge in [0.25, 0.3) is 0 Å². The average Bonchev–Trinajstić information content (AvgIpc) is 2.52. The number of rotatable bonds is 5. The highest BCUT2D eigenvalue weighted by Gasteiger charge is 2.29. The number of carbonyl (C=O) groups excluding carboxylic acids is 1. The smallest absolute Gasteiger partial charge is 0.409 e. The molecule has 0 spiro atoms. The number of hydrogen-bond acceptors (Lipinski definition) is 8. The molecule has 0 saturated carbocycles. The first-order chi connectivity index (χ1) is 12.5. The van der Waals surface area contributed by atoms with E-state index in [4.69, 9.17) is 19.2 Å². The fourth-order valence-corrected chi connectivity index (χ4v) is 3.15. The summed E-state index contributed by atoms with van der Waals surface area (Å²) in [6, 6.07) is 9.84. The summed E-state index contributed by atoms with van der Waals surface area (Å²) in [5.74, 6) is -0.215. The minimum atomic E-state index is -4.30. The van der Waals surface area contributed by atoms with Crippen molar-refractivity contribution < 1.29 is 34.7 Å². The Bertz CT molecular complexity index is 1110. The molecule has 4 N–H and O–H groups in total. The number of amides is 1. The van der Waals surface area contributed by atoms with Gasteiger partial charge in [0.05, 0.1) is 12.2 Å². The SMILES string of the molecule is NS(=O)(=O)Oc1ccc2c(c1)OC(=O)N(c1ccccc1OS(N)(=O)=O)C2. The molecular formula is C14H13N3O8S2. The van der Waals surface area contributed by atoms with Crippen molar-refractivity contribution in [2.75, 3.05) is 4.90 Å². The van der Waals surface area contributed by atoms with Crippen LogP contribution in [0.15, 0.2) is 42.5 Å². The van der Waals surface area contributed by atoms with Gasteiger partial charge in [0.1, 0.15) is 11.5 Å². The van der Waals surface area contributed by atoms with Crippen molar-refractivity contribution in [1.82, 2.24) is 0 Å². The van der Waals surface area contributed by atoms with Crippen LogP contribution in [0.1, 0.15) is 5.56 Å². The van der Waals surface area contributed by atoms with Crippen LogP contribution in [0.5, 0.6) is 17.2 Å². The molecule has 144 valence electrons. The summed E-state index contributed by atoms with van der Waals surface area (Å²) in [5, 5.41) is 9.68. The molecular weight excluding hydrogens is 402 g/mol. The second-order valence-electron chi connectivity index (χ2n) is 5.34. The van der Waals surface area contributed by atoms with Gasteiger partial charge in [0.2, 0.25) is 0 Å². The standard InChI is InChI=1S/C14H13N3O8S2/c15-26(19,20)24-10-6-5-9-8-17(14(18)23-13(9)7-10)11-3-1-2-4-12(11)25-27(16,21)22/h1-7H,8H2,(H2,15,19,20)(H2,16,21,22). The van der Waals surface area contributed by atoms with Crippen molar-refractivity contribution >= 4 is 32.4 Å². The third kappa shape index (κ3) is 4.65. The molecule has 2 aromatic rings. The minimum absolute atomic E-state index is 0.00514. The van der Waals surface area contributed by atoms with Crippen LogP contribution in [-0.2, 0) is 27.2 Å². The number of benzene rings is 2. The number of nitrogens with two attached hydrogens (primary N) is 2. The summed E-state index contributed by atoms with van der Waals surface area (Å²) < 4.78 is 58.8. The first-order valence-electron chi connectivity index (χ1n) is 7.17. The van der Waals surface area contributed by atoms with Crippen LogP contribution < -0.4 is 28.3 Å². The lowest BCUT2D eigenvalue weighted by atomic mass is 10.1. The largest absolute Gasteiger partial charge is 0.420 e. The summed E-state index contributed by atoms with van der Waals surface area (Å²) >= 11 is 0.